The average Bonchev–Trinajstić information content (AvgIpc) is 3.08. The van der Waals surface area contributed by atoms with Crippen molar-refractivity contribution in [3.63, 3.8) is 0 Å². The first-order chi connectivity index (χ1) is 12.6. The van der Waals surface area contributed by atoms with Crippen molar-refractivity contribution >= 4 is 26.5 Å². The van der Waals surface area contributed by atoms with E-state index >= 15 is 0 Å². The summed E-state index contributed by atoms with van der Waals surface area (Å²) in [6, 6.07) is 12.8. The molecule has 6 nitrogen and oxygen atoms in total. The van der Waals surface area contributed by atoms with E-state index in [2.05, 4.69) is 9.82 Å². The van der Waals surface area contributed by atoms with Crippen molar-refractivity contribution in [2.24, 2.45) is 5.92 Å². The Labute approximate surface area is 152 Å². The molecule has 1 aromatic heterocycles. The minimum absolute atomic E-state index is 0.244. The Balaban J connectivity index is 1.50. The number of nitrogens with zero attached hydrogens (tertiary/aromatic N) is 2. The third-order valence-electron chi connectivity index (χ3n) is 4.70. The molecular weight excluding hydrogens is 350 g/mol. The van der Waals surface area contributed by atoms with Crippen LogP contribution in [0.25, 0.3) is 10.8 Å². The lowest BCUT2D eigenvalue weighted by molar-refractivity contribution is 0.0601. The predicted molar refractivity (Wildman–Crippen MR) is 101 cm³/mol. The number of rotatable bonds is 5. The number of anilines is 1. The number of ether oxygens (including phenoxy) is 1. The molecule has 0 saturated carbocycles. The number of hydrogen-bond donors (Lipinski definition) is 1. The summed E-state index contributed by atoms with van der Waals surface area (Å²) in [6.07, 6.45) is 5.32. The lowest BCUT2D eigenvalue weighted by atomic mass is 10.0. The van der Waals surface area contributed by atoms with Gasteiger partial charge in [-0.1, -0.05) is 30.3 Å². The first-order valence-electron chi connectivity index (χ1n) is 8.72. The van der Waals surface area contributed by atoms with Gasteiger partial charge in [0.15, 0.2) is 0 Å². The molecule has 3 aromatic rings. The minimum Gasteiger partial charge on any atom is -0.381 e. The van der Waals surface area contributed by atoms with Crippen molar-refractivity contribution in [2.45, 2.75) is 24.3 Å². The number of sulfonamides is 1. The maximum absolute atomic E-state index is 12.7. The van der Waals surface area contributed by atoms with Gasteiger partial charge in [0.25, 0.3) is 10.0 Å². The van der Waals surface area contributed by atoms with Crippen molar-refractivity contribution in [3.8, 4) is 0 Å². The third-order valence-corrected chi connectivity index (χ3v) is 6.08. The maximum atomic E-state index is 12.7. The van der Waals surface area contributed by atoms with Crippen molar-refractivity contribution in [2.75, 3.05) is 17.9 Å². The molecule has 0 unspecified atom stereocenters. The zero-order valence-corrected chi connectivity index (χ0v) is 15.2. The first kappa shape index (κ1) is 17.1. The molecule has 1 aliphatic heterocycles. The van der Waals surface area contributed by atoms with Gasteiger partial charge in [-0.2, -0.15) is 5.10 Å². The number of hydrogen-bond acceptors (Lipinski definition) is 4. The molecule has 1 fully saturated rings. The number of benzene rings is 2. The highest BCUT2D eigenvalue weighted by atomic mass is 32.2. The van der Waals surface area contributed by atoms with E-state index in [1.165, 1.54) is 0 Å². The molecule has 136 valence electrons. The largest absolute Gasteiger partial charge is 0.381 e. The molecule has 1 saturated heterocycles. The van der Waals surface area contributed by atoms with Crippen LogP contribution in [0.1, 0.15) is 12.8 Å². The third kappa shape index (κ3) is 3.73. The molecule has 0 atom stereocenters. The van der Waals surface area contributed by atoms with Gasteiger partial charge in [-0.3, -0.25) is 9.40 Å². The zero-order chi connectivity index (χ0) is 18.0. The van der Waals surface area contributed by atoms with Crippen LogP contribution in [0.5, 0.6) is 0 Å². The topological polar surface area (TPSA) is 73.2 Å². The fourth-order valence-electron chi connectivity index (χ4n) is 3.26. The quantitative estimate of drug-likeness (QED) is 0.747. The molecular formula is C19H21N3O3S. The highest BCUT2D eigenvalue weighted by Gasteiger charge is 2.17. The van der Waals surface area contributed by atoms with Crippen LogP contribution >= 0.6 is 0 Å². The van der Waals surface area contributed by atoms with Crippen LogP contribution in [-0.4, -0.2) is 31.4 Å². The molecule has 0 bridgehead atoms. The molecule has 0 amide bonds. The molecule has 0 spiro atoms. The fraction of sp³-hybridized carbons (Fsp3) is 0.316. The van der Waals surface area contributed by atoms with Crippen molar-refractivity contribution in [1.82, 2.24) is 9.78 Å². The van der Waals surface area contributed by atoms with Crippen LogP contribution in [0, 0.1) is 5.92 Å². The minimum atomic E-state index is -3.65. The lowest BCUT2D eigenvalue weighted by Gasteiger charge is -2.21. The van der Waals surface area contributed by atoms with Crippen LogP contribution < -0.4 is 4.72 Å². The molecule has 2 heterocycles. The van der Waals surface area contributed by atoms with Gasteiger partial charge in [0, 0.05) is 26.0 Å². The second-order valence-corrected chi connectivity index (χ2v) is 8.30. The van der Waals surface area contributed by atoms with Gasteiger partial charge in [-0.05, 0) is 41.7 Å². The molecule has 26 heavy (non-hydrogen) atoms. The first-order valence-corrected chi connectivity index (χ1v) is 10.2. The standard InChI is InChI=1S/C19H21N3O3S/c23-26(24,19-6-5-16-3-1-2-4-17(16)11-19)21-18-12-20-22(14-18)13-15-7-9-25-10-8-15/h1-6,11-12,14-15,21H,7-10,13H2. The molecule has 0 radical (unpaired) electrons. The van der Waals surface area contributed by atoms with Crippen molar-refractivity contribution < 1.29 is 13.2 Å². The average molecular weight is 371 g/mol. The van der Waals surface area contributed by atoms with Crippen molar-refractivity contribution in [3.05, 3.63) is 54.9 Å². The molecule has 2 aromatic carbocycles. The number of aromatic nitrogens is 2. The number of nitrogens with one attached hydrogen (secondary N) is 1. The summed E-state index contributed by atoms with van der Waals surface area (Å²) in [5.74, 6) is 0.522. The van der Waals surface area contributed by atoms with Gasteiger partial charge < -0.3 is 4.74 Å². The van der Waals surface area contributed by atoms with Crippen LogP contribution in [0.2, 0.25) is 0 Å². The van der Waals surface area contributed by atoms with E-state index in [1.54, 1.807) is 29.2 Å². The molecule has 7 heteroatoms. The molecule has 0 aliphatic carbocycles. The second-order valence-electron chi connectivity index (χ2n) is 6.62. The monoisotopic (exact) mass is 371 g/mol. The normalized spacial score (nSPS) is 16.0. The maximum Gasteiger partial charge on any atom is 0.262 e. The van der Waals surface area contributed by atoms with Gasteiger partial charge in [-0.25, -0.2) is 8.42 Å². The molecule has 1 N–H and O–H groups in total. The Bertz CT molecular complexity index is 1010. The van der Waals surface area contributed by atoms with Gasteiger partial charge in [0.1, 0.15) is 0 Å². The zero-order valence-electron chi connectivity index (χ0n) is 14.3. The lowest BCUT2D eigenvalue weighted by Crippen LogP contribution is -2.20. The van der Waals surface area contributed by atoms with E-state index in [0.29, 0.717) is 11.6 Å². The Kier molecular flexibility index (Phi) is 4.65. The Morgan fingerprint density at radius 1 is 1.12 bits per heavy atom. The van der Waals surface area contributed by atoms with Crippen LogP contribution in [-0.2, 0) is 21.3 Å². The van der Waals surface area contributed by atoms with E-state index in [1.807, 2.05) is 30.3 Å². The fourth-order valence-corrected chi connectivity index (χ4v) is 4.32. The van der Waals surface area contributed by atoms with E-state index < -0.39 is 10.0 Å². The Morgan fingerprint density at radius 3 is 2.69 bits per heavy atom. The van der Waals surface area contributed by atoms with Gasteiger partial charge in [0.05, 0.1) is 16.8 Å². The summed E-state index contributed by atoms with van der Waals surface area (Å²) in [6.45, 7) is 2.35. The smallest absolute Gasteiger partial charge is 0.262 e. The van der Waals surface area contributed by atoms with Crippen LogP contribution in [0.4, 0.5) is 5.69 Å². The van der Waals surface area contributed by atoms with Gasteiger partial charge >= 0.3 is 0 Å². The van der Waals surface area contributed by atoms with Crippen LogP contribution in [0.15, 0.2) is 59.8 Å². The van der Waals surface area contributed by atoms with E-state index in [9.17, 15) is 8.42 Å². The van der Waals surface area contributed by atoms with E-state index in [4.69, 9.17) is 4.74 Å². The predicted octanol–water partition coefficient (Wildman–Crippen LogP) is 3.26. The highest BCUT2D eigenvalue weighted by Crippen LogP contribution is 2.22. The summed E-state index contributed by atoms with van der Waals surface area (Å²) < 4.78 is 35.1. The molecule has 4 rings (SSSR count). The second kappa shape index (κ2) is 7.09. The summed E-state index contributed by atoms with van der Waals surface area (Å²) in [7, 11) is -3.65. The van der Waals surface area contributed by atoms with Gasteiger partial charge in [-0.15, -0.1) is 0 Å². The summed E-state index contributed by atoms with van der Waals surface area (Å²) in [5, 5.41) is 6.19. The van der Waals surface area contributed by atoms with E-state index in [-0.39, 0.29) is 4.90 Å². The van der Waals surface area contributed by atoms with E-state index in [0.717, 1.165) is 43.4 Å². The highest BCUT2D eigenvalue weighted by molar-refractivity contribution is 7.92. The summed E-state index contributed by atoms with van der Waals surface area (Å²) in [5.41, 5.74) is 0.477. The van der Waals surface area contributed by atoms with Crippen molar-refractivity contribution in [1.29, 1.82) is 0 Å². The molecule has 1 aliphatic rings. The van der Waals surface area contributed by atoms with Gasteiger partial charge in [0.2, 0.25) is 0 Å². The SMILES string of the molecule is O=S(=O)(Nc1cnn(CC2CCOCC2)c1)c1ccc2ccccc2c1. The summed E-state index contributed by atoms with van der Waals surface area (Å²) >= 11 is 0. The Morgan fingerprint density at radius 2 is 1.88 bits per heavy atom. The van der Waals surface area contributed by atoms with Crippen LogP contribution in [0.3, 0.4) is 0 Å². The Hall–Kier alpha value is -2.38. The number of fused-ring (bicyclic) bond motifs is 1. The summed E-state index contributed by atoms with van der Waals surface area (Å²) in [4.78, 5) is 0.244.